The van der Waals surface area contributed by atoms with Crippen LogP contribution < -0.4 is 16.0 Å². The van der Waals surface area contributed by atoms with Crippen molar-refractivity contribution in [3.8, 4) is 0 Å². The zero-order valence-corrected chi connectivity index (χ0v) is 12.2. The predicted molar refractivity (Wildman–Crippen MR) is 85.4 cm³/mol. The lowest BCUT2D eigenvalue weighted by molar-refractivity contribution is 0.499. The van der Waals surface area contributed by atoms with E-state index in [9.17, 15) is 0 Å². The van der Waals surface area contributed by atoms with E-state index in [2.05, 4.69) is 35.3 Å². The van der Waals surface area contributed by atoms with Gasteiger partial charge in [0.2, 0.25) is 0 Å². The third-order valence-corrected chi connectivity index (χ3v) is 4.21. The molecule has 0 radical (unpaired) electrons. The molecular formula is C16H22N4. The summed E-state index contributed by atoms with van der Waals surface area (Å²) in [6, 6.07) is 6.77. The van der Waals surface area contributed by atoms with Gasteiger partial charge in [-0.15, -0.1) is 0 Å². The lowest BCUT2D eigenvalue weighted by Gasteiger charge is -2.32. The molecule has 4 nitrogen and oxygen atoms in total. The van der Waals surface area contributed by atoms with Gasteiger partial charge in [-0.3, -0.25) is 0 Å². The molecule has 0 bridgehead atoms. The fourth-order valence-electron chi connectivity index (χ4n) is 3.02. The number of nitrogens with one attached hydrogen (secondary N) is 1. The van der Waals surface area contributed by atoms with Crippen LogP contribution in [0.3, 0.4) is 0 Å². The number of hydrogen-bond donors (Lipinski definition) is 2. The molecule has 1 saturated heterocycles. The fraction of sp³-hybridized carbons (Fsp3) is 0.438. The van der Waals surface area contributed by atoms with Crippen LogP contribution in [-0.2, 0) is 0 Å². The van der Waals surface area contributed by atoms with E-state index in [-0.39, 0.29) is 0 Å². The summed E-state index contributed by atoms with van der Waals surface area (Å²) >= 11 is 0. The summed E-state index contributed by atoms with van der Waals surface area (Å²) in [6.07, 6.45) is 4.03. The molecule has 2 heterocycles. The van der Waals surface area contributed by atoms with Crippen LogP contribution >= 0.6 is 0 Å². The number of fused-ring (bicyclic) bond motifs is 1. The summed E-state index contributed by atoms with van der Waals surface area (Å²) in [5.41, 5.74) is 8.38. The molecule has 0 amide bonds. The lowest BCUT2D eigenvalue weighted by Crippen LogP contribution is -2.40. The first kappa shape index (κ1) is 13.2. The fourth-order valence-corrected chi connectivity index (χ4v) is 3.02. The number of nitrogens with zero attached hydrogens (tertiary/aromatic N) is 2. The van der Waals surface area contributed by atoms with Gasteiger partial charge in [0.05, 0.1) is 11.9 Å². The van der Waals surface area contributed by atoms with Gasteiger partial charge in [-0.25, -0.2) is 4.98 Å². The highest BCUT2D eigenvalue weighted by atomic mass is 15.2. The molecule has 106 valence electrons. The van der Waals surface area contributed by atoms with E-state index >= 15 is 0 Å². The van der Waals surface area contributed by atoms with Crippen molar-refractivity contribution in [3.05, 3.63) is 30.0 Å². The summed E-state index contributed by atoms with van der Waals surface area (Å²) in [5, 5.41) is 5.75. The number of aryl methyl sites for hydroxylation is 1. The maximum absolute atomic E-state index is 6.00. The largest absolute Gasteiger partial charge is 0.386 e. The predicted octanol–water partition coefficient (Wildman–Crippen LogP) is 2.51. The summed E-state index contributed by atoms with van der Waals surface area (Å²) in [5.74, 6) is 1.09. The van der Waals surface area contributed by atoms with Crippen LogP contribution in [0.2, 0.25) is 0 Å². The number of pyridine rings is 1. The SMILES string of the molecule is CNc1cnc(N2CCC(N)CC2)c2cccc(C)c12. The standard InChI is InChI=1S/C16H22N4/c1-11-4-3-5-13-15(11)14(18-2)10-19-16(13)20-8-6-12(17)7-9-20/h3-5,10,12,18H,6-9,17H2,1-2H3. The van der Waals surface area contributed by atoms with Gasteiger partial charge in [0.15, 0.2) is 0 Å². The first-order chi connectivity index (χ1) is 9.70. The van der Waals surface area contributed by atoms with Gasteiger partial charge >= 0.3 is 0 Å². The van der Waals surface area contributed by atoms with Crippen LogP contribution in [0.1, 0.15) is 18.4 Å². The van der Waals surface area contributed by atoms with Crippen molar-refractivity contribution in [1.82, 2.24) is 4.98 Å². The van der Waals surface area contributed by atoms with E-state index in [0.29, 0.717) is 6.04 Å². The van der Waals surface area contributed by atoms with Crippen LogP contribution in [0, 0.1) is 6.92 Å². The average Bonchev–Trinajstić information content (AvgIpc) is 2.47. The molecule has 4 heteroatoms. The van der Waals surface area contributed by atoms with Crippen molar-refractivity contribution in [1.29, 1.82) is 0 Å². The van der Waals surface area contributed by atoms with Crippen molar-refractivity contribution in [3.63, 3.8) is 0 Å². The molecule has 1 aromatic heterocycles. The van der Waals surface area contributed by atoms with Crippen LogP contribution in [0.5, 0.6) is 0 Å². The summed E-state index contributed by atoms with van der Waals surface area (Å²) in [7, 11) is 1.95. The zero-order chi connectivity index (χ0) is 14.1. The van der Waals surface area contributed by atoms with Crippen LogP contribution in [0.15, 0.2) is 24.4 Å². The first-order valence-electron chi connectivity index (χ1n) is 7.27. The minimum Gasteiger partial charge on any atom is -0.386 e. The maximum atomic E-state index is 6.00. The third kappa shape index (κ3) is 2.20. The molecule has 1 aromatic carbocycles. The molecule has 1 aliphatic heterocycles. The quantitative estimate of drug-likeness (QED) is 0.880. The first-order valence-corrected chi connectivity index (χ1v) is 7.27. The van der Waals surface area contributed by atoms with Crippen molar-refractivity contribution >= 4 is 22.3 Å². The Bertz CT molecular complexity index is 615. The summed E-state index contributed by atoms with van der Waals surface area (Å²) in [4.78, 5) is 7.06. The van der Waals surface area contributed by atoms with Gasteiger partial charge in [-0.05, 0) is 25.3 Å². The molecule has 0 unspecified atom stereocenters. The van der Waals surface area contributed by atoms with Crippen molar-refractivity contribution in [2.75, 3.05) is 30.4 Å². The normalized spacial score (nSPS) is 16.6. The Morgan fingerprint density at radius 2 is 2.05 bits per heavy atom. The van der Waals surface area contributed by atoms with Crippen LogP contribution in [-0.4, -0.2) is 31.2 Å². The van der Waals surface area contributed by atoms with E-state index < -0.39 is 0 Å². The molecule has 2 aromatic rings. The van der Waals surface area contributed by atoms with Gasteiger partial charge in [-0.1, -0.05) is 18.2 Å². The second-order valence-electron chi connectivity index (χ2n) is 5.57. The maximum Gasteiger partial charge on any atom is 0.136 e. The average molecular weight is 270 g/mol. The smallest absolute Gasteiger partial charge is 0.136 e. The third-order valence-electron chi connectivity index (χ3n) is 4.21. The van der Waals surface area contributed by atoms with E-state index in [1.54, 1.807) is 0 Å². The van der Waals surface area contributed by atoms with Gasteiger partial charge in [0, 0.05) is 37.0 Å². The highest BCUT2D eigenvalue weighted by Crippen LogP contribution is 2.33. The van der Waals surface area contributed by atoms with Crippen LogP contribution in [0.25, 0.3) is 10.8 Å². The Morgan fingerprint density at radius 3 is 2.75 bits per heavy atom. The summed E-state index contributed by atoms with van der Waals surface area (Å²) < 4.78 is 0. The monoisotopic (exact) mass is 270 g/mol. The van der Waals surface area contributed by atoms with Crippen molar-refractivity contribution < 1.29 is 0 Å². The minimum absolute atomic E-state index is 0.343. The topological polar surface area (TPSA) is 54.2 Å². The summed E-state index contributed by atoms with van der Waals surface area (Å²) in [6.45, 7) is 4.14. The number of aromatic nitrogens is 1. The molecule has 1 fully saturated rings. The Morgan fingerprint density at radius 1 is 1.30 bits per heavy atom. The van der Waals surface area contributed by atoms with E-state index in [1.165, 1.54) is 16.3 Å². The Labute approximate surface area is 120 Å². The number of nitrogens with two attached hydrogens (primary N) is 1. The number of anilines is 2. The van der Waals surface area contributed by atoms with E-state index in [1.807, 2.05) is 13.2 Å². The molecule has 3 N–H and O–H groups in total. The number of rotatable bonds is 2. The van der Waals surface area contributed by atoms with Crippen molar-refractivity contribution in [2.45, 2.75) is 25.8 Å². The van der Waals surface area contributed by atoms with E-state index in [4.69, 9.17) is 10.7 Å². The molecule has 0 atom stereocenters. The molecular weight excluding hydrogens is 248 g/mol. The highest BCUT2D eigenvalue weighted by Gasteiger charge is 2.20. The molecule has 0 saturated carbocycles. The number of hydrogen-bond acceptors (Lipinski definition) is 4. The number of benzene rings is 1. The van der Waals surface area contributed by atoms with Crippen LogP contribution in [0.4, 0.5) is 11.5 Å². The second-order valence-corrected chi connectivity index (χ2v) is 5.57. The molecule has 3 rings (SSSR count). The lowest BCUT2D eigenvalue weighted by atomic mass is 10.0. The zero-order valence-electron chi connectivity index (χ0n) is 12.2. The Balaban J connectivity index is 2.10. The van der Waals surface area contributed by atoms with Gasteiger partial charge in [-0.2, -0.15) is 0 Å². The van der Waals surface area contributed by atoms with Gasteiger partial charge < -0.3 is 16.0 Å². The molecule has 20 heavy (non-hydrogen) atoms. The van der Waals surface area contributed by atoms with Crippen molar-refractivity contribution in [2.24, 2.45) is 5.73 Å². The minimum atomic E-state index is 0.343. The highest BCUT2D eigenvalue weighted by molar-refractivity contribution is 6.02. The molecule has 1 aliphatic rings. The van der Waals surface area contributed by atoms with E-state index in [0.717, 1.165) is 37.4 Å². The van der Waals surface area contributed by atoms with Gasteiger partial charge in [0.1, 0.15) is 5.82 Å². The molecule has 0 spiro atoms. The Hall–Kier alpha value is -1.81. The second kappa shape index (κ2) is 5.29. The number of piperidine rings is 1. The Kier molecular flexibility index (Phi) is 3.49. The van der Waals surface area contributed by atoms with Gasteiger partial charge in [0.25, 0.3) is 0 Å². The molecule has 0 aliphatic carbocycles.